The summed E-state index contributed by atoms with van der Waals surface area (Å²) in [6.07, 6.45) is 8.33. The highest BCUT2D eigenvalue weighted by molar-refractivity contribution is 5.78. The van der Waals surface area contributed by atoms with Crippen molar-refractivity contribution >= 4 is 6.21 Å². The number of nitrogens with zero attached hydrogens (tertiary/aromatic N) is 6. The Balaban J connectivity index is 2.14. The van der Waals surface area contributed by atoms with Crippen molar-refractivity contribution in [3.05, 3.63) is 30.6 Å². The number of hydrogen-bond acceptors (Lipinski definition) is 4. The zero-order valence-corrected chi connectivity index (χ0v) is 7.07. The highest BCUT2D eigenvalue weighted by Gasteiger charge is 1.90. The van der Waals surface area contributed by atoms with Crippen LogP contribution < -0.4 is 0 Å². The van der Waals surface area contributed by atoms with Crippen molar-refractivity contribution in [3.63, 3.8) is 0 Å². The van der Waals surface area contributed by atoms with Gasteiger partial charge in [0.25, 0.3) is 0 Å². The Bertz CT molecular complexity index is 398. The second kappa shape index (κ2) is 3.18. The van der Waals surface area contributed by atoms with Crippen LogP contribution in [0.25, 0.3) is 0 Å². The van der Waals surface area contributed by atoms with Crippen molar-refractivity contribution in [1.29, 1.82) is 0 Å². The van der Waals surface area contributed by atoms with Gasteiger partial charge in [0.15, 0.2) is 0 Å². The van der Waals surface area contributed by atoms with Crippen LogP contribution in [-0.2, 0) is 7.05 Å². The maximum absolute atomic E-state index is 4.06. The summed E-state index contributed by atoms with van der Waals surface area (Å²) >= 11 is 0. The SMILES string of the molecule is Cn1cc(/C=N/n2cnnc2)cn1. The Morgan fingerprint density at radius 3 is 2.77 bits per heavy atom. The number of hydrogen-bond donors (Lipinski definition) is 0. The first kappa shape index (κ1) is 7.66. The molecule has 0 fully saturated rings. The minimum Gasteiger partial charge on any atom is -0.275 e. The lowest BCUT2D eigenvalue weighted by molar-refractivity contribution is 0.767. The molecule has 0 saturated heterocycles. The van der Waals surface area contributed by atoms with Crippen molar-refractivity contribution in [2.45, 2.75) is 0 Å². The maximum Gasteiger partial charge on any atom is 0.141 e. The van der Waals surface area contributed by atoms with Gasteiger partial charge in [-0.05, 0) is 0 Å². The molecular weight excluding hydrogens is 168 g/mol. The van der Waals surface area contributed by atoms with E-state index in [1.54, 1.807) is 17.1 Å². The second-order valence-corrected chi connectivity index (χ2v) is 2.53. The summed E-state index contributed by atoms with van der Waals surface area (Å²) in [5.41, 5.74) is 0.941. The fourth-order valence-electron chi connectivity index (χ4n) is 0.895. The third-order valence-corrected chi connectivity index (χ3v) is 1.47. The van der Waals surface area contributed by atoms with Crippen molar-refractivity contribution in [3.8, 4) is 0 Å². The predicted molar refractivity (Wildman–Crippen MR) is 46.2 cm³/mol. The standard InChI is InChI=1S/C7H8N6/c1-12-4-7(2-10-12)3-11-13-5-8-9-6-13/h2-6H,1H3/b11-3+. The van der Waals surface area contributed by atoms with Crippen LogP contribution in [0.5, 0.6) is 0 Å². The van der Waals surface area contributed by atoms with Crippen molar-refractivity contribution in [1.82, 2.24) is 24.7 Å². The molecule has 0 aliphatic rings. The van der Waals surface area contributed by atoms with E-state index in [9.17, 15) is 0 Å². The van der Waals surface area contributed by atoms with Crippen molar-refractivity contribution < 1.29 is 0 Å². The van der Waals surface area contributed by atoms with Gasteiger partial charge in [-0.2, -0.15) is 10.2 Å². The molecule has 0 aliphatic heterocycles. The maximum atomic E-state index is 4.06. The quantitative estimate of drug-likeness (QED) is 0.600. The van der Waals surface area contributed by atoms with E-state index in [0.717, 1.165) is 5.56 Å². The summed E-state index contributed by atoms with van der Waals surface area (Å²) < 4.78 is 3.24. The van der Waals surface area contributed by atoms with Crippen LogP contribution in [0.2, 0.25) is 0 Å². The molecule has 66 valence electrons. The Morgan fingerprint density at radius 1 is 1.38 bits per heavy atom. The van der Waals surface area contributed by atoms with E-state index in [1.165, 1.54) is 17.3 Å². The summed E-state index contributed by atoms with van der Waals surface area (Å²) in [4.78, 5) is 0. The van der Waals surface area contributed by atoms with E-state index in [4.69, 9.17) is 0 Å². The summed E-state index contributed by atoms with van der Waals surface area (Å²) in [5.74, 6) is 0. The average Bonchev–Trinajstić information content (AvgIpc) is 2.71. The lowest BCUT2D eigenvalue weighted by atomic mass is 10.4. The van der Waals surface area contributed by atoms with E-state index in [0.29, 0.717) is 0 Å². The van der Waals surface area contributed by atoms with Gasteiger partial charge in [0, 0.05) is 18.8 Å². The normalized spacial score (nSPS) is 11.2. The second-order valence-electron chi connectivity index (χ2n) is 2.53. The Kier molecular flexibility index (Phi) is 1.87. The molecule has 13 heavy (non-hydrogen) atoms. The predicted octanol–water partition coefficient (Wildman–Crippen LogP) is -0.106. The third kappa shape index (κ3) is 1.78. The molecule has 0 amide bonds. The first-order chi connectivity index (χ1) is 6.34. The molecule has 0 aliphatic carbocycles. The zero-order chi connectivity index (χ0) is 9.10. The van der Waals surface area contributed by atoms with Gasteiger partial charge in [0.1, 0.15) is 12.7 Å². The Hall–Kier alpha value is -1.98. The average molecular weight is 176 g/mol. The van der Waals surface area contributed by atoms with E-state index in [1.807, 2.05) is 13.2 Å². The summed E-state index contributed by atoms with van der Waals surface area (Å²) in [6, 6.07) is 0. The molecule has 0 bridgehead atoms. The minimum atomic E-state index is 0.941. The number of rotatable bonds is 2. The van der Waals surface area contributed by atoms with Gasteiger partial charge in [-0.1, -0.05) is 0 Å². The molecule has 2 rings (SSSR count). The molecule has 0 spiro atoms. The van der Waals surface area contributed by atoms with Gasteiger partial charge < -0.3 is 0 Å². The smallest absolute Gasteiger partial charge is 0.141 e. The summed E-state index contributed by atoms with van der Waals surface area (Å²) in [5, 5.41) is 15.3. The molecular formula is C7H8N6. The van der Waals surface area contributed by atoms with E-state index >= 15 is 0 Å². The van der Waals surface area contributed by atoms with E-state index in [2.05, 4.69) is 20.4 Å². The molecule has 0 N–H and O–H groups in total. The van der Waals surface area contributed by atoms with Gasteiger partial charge in [0.05, 0.1) is 12.4 Å². The van der Waals surface area contributed by atoms with Gasteiger partial charge in [-0.3, -0.25) is 4.68 Å². The molecule has 2 heterocycles. The fraction of sp³-hybridized carbons (Fsp3) is 0.143. The lowest BCUT2D eigenvalue weighted by Crippen LogP contribution is -1.86. The zero-order valence-electron chi connectivity index (χ0n) is 7.07. The fourth-order valence-corrected chi connectivity index (χ4v) is 0.895. The van der Waals surface area contributed by atoms with E-state index in [-0.39, 0.29) is 0 Å². The summed E-state index contributed by atoms with van der Waals surface area (Å²) in [6.45, 7) is 0. The Morgan fingerprint density at radius 2 is 2.15 bits per heavy atom. The lowest BCUT2D eigenvalue weighted by Gasteiger charge is -1.86. The Labute approximate surface area is 74.5 Å². The monoisotopic (exact) mass is 176 g/mol. The van der Waals surface area contributed by atoms with Crippen LogP contribution in [0.4, 0.5) is 0 Å². The number of aromatic nitrogens is 5. The molecule has 6 nitrogen and oxygen atoms in total. The first-order valence-corrected chi connectivity index (χ1v) is 3.72. The third-order valence-electron chi connectivity index (χ3n) is 1.47. The van der Waals surface area contributed by atoms with E-state index < -0.39 is 0 Å². The molecule has 6 heteroatoms. The molecule has 0 atom stereocenters. The van der Waals surface area contributed by atoms with Crippen LogP contribution in [0.15, 0.2) is 30.1 Å². The molecule has 0 saturated carbocycles. The molecule has 2 aromatic rings. The van der Waals surface area contributed by atoms with Gasteiger partial charge in [-0.15, -0.1) is 10.2 Å². The van der Waals surface area contributed by atoms with Crippen LogP contribution in [0.1, 0.15) is 5.56 Å². The first-order valence-electron chi connectivity index (χ1n) is 3.72. The minimum absolute atomic E-state index is 0.941. The van der Waals surface area contributed by atoms with Crippen LogP contribution in [-0.4, -0.2) is 30.9 Å². The molecule has 0 aromatic carbocycles. The molecule has 0 radical (unpaired) electrons. The van der Waals surface area contributed by atoms with Crippen LogP contribution in [0.3, 0.4) is 0 Å². The van der Waals surface area contributed by atoms with Crippen LogP contribution in [0, 0.1) is 0 Å². The van der Waals surface area contributed by atoms with Gasteiger partial charge in [0.2, 0.25) is 0 Å². The number of aryl methyl sites for hydroxylation is 1. The van der Waals surface area contributed by atoms with Gasteiger partial charge >= 0.3 is 0 Å². The topological polar surface area (TPSA) is 60.9 Å². The van der Waals surface area contributed by atoms with Crippen molar-refractivity contribution in [2.75, 3.05) is 0 Å². The van der Waals surface area contributed by atoms with Gasteiger partial charge in [-0.25, -0.2) is 4.68 Å². The highest BCUT2D eigenvalue weighted by atomic mass is 15.4. The highest BCUT2D eigenvalue weighted by Crippen LogP contribution is 1.91. The molecule has 0 unspecified atom stereocenters. The molecule has 2 aromatic heterocycles. The van der Waals surface area contributed by atoms with Crippen molar-refractivity contribution in [2.24, 2.45) is 12.1 Å². The largest absolute Gasteiger partial charge is 0.275 e. The van der Waals surface area contributed by atoms with Crippen LogP contribution >= 0.6 is 0 Å². The summed E-state index contributed by atoms with van der Waals surface area (Å²) in [7, 11) is 1.86.